The highest BCUT2D eigenvalue weighted by molar-refractivity contribution is 9.10. The Bertz CT molecular complexity index is 576. The number of aromatic nitrogens is 2. The van der Waals surface area contributed by atoms with Gasteiger partial charge in [0.1, 0.15) is 18.2 Å². The van der Waals surface area contributed by atoms with Crippen LogP contribution in [0, 0.1) is 0 Å². The van der Waals surface area contributed by atoms with Gasteiger partial charge in [-0.05, 0) is 30.7 Å². The van der Waals surface area contributed by atoms with Gasteiger partial charge in [-0.25, -0.2) is 4.98 Å². The van der Waals surface area contributed by atoms with Gasteiger partial charge in [-0.3, -0.25) is 0 Å². The van der Waals surface area contributed by atoms with Gasteiger partial charge in [-0.2, -0.15) is 4.98 Å². The van der Waals surface area contributed by atoms with E-state index in [1.807, 2.05) is 24.3 Å². The number of halogens is 1. The summed E-state index contributed by atoms with van der Waals surface area (Å²) in [5, 5.41) is 3.23. The molecule has 112 valence electrons. The molecule has 1 aromatic carbocycles. The summed E-state index contributed by atoms with van der Waals surface area (Å²) in [6.07, 6.45) is 1.02. The lowest BCUT2D eigenvalue weighted by Gasteiger charge is -2.10. The maximum absolute atomic E-state index is 5.77. The summed E-state index contributed by atoms with van der Waals surface area (Å²) < 4.78 is 11.9. The molecule has 0 saturated heterocycles. The van der Waals surface area contributed by atoms with Crippen LogP contribution in [0.25, 0.3) is 0 Å². The predicted molar refractivity (Wildman–Crippen MR) is 85.7 cm³/mol. The fourth-order valence-corrected chi connectivity index (χ4v) is 1.95. The molecule has 5 nitrogen and oxygen atoms in total. The second-order valence-electron chi connectivity index (χ2n) is 4.42. The summed E-state index contributed by atoms with van der Waals surface area (Å²) in [7, 11) is 1.62. The van der Waals surface area contributed by atoms with Crippen molar-refractivity contribution in [1.82, 2.24) is 9.97 Å². The Morgan fingerprint density at radius 1 is 1.19 bits per heavy atom. The van der Waals surface area contributed by atoms with Gasteiger partial charge >= 0.3 is 0 Å². The lowest BCUT2D eigenvalue weighted by molar-refractivity contribution is 0.177. The molecule has 0 spiro atoms. The third kappa shape index (κ3) is 4.99. The van der Waals surface area contributed by atoms with Crippen LogP contribution in [0.2, 0.25) is 0 Å². The van der Waals surface area contributed by atoms with E-state index in [0.717, 1.165) is 29.0 Å². The number of hydrogen-bond donors (Lipinski definition) is 1. The SMILES string of the molecule is CCCNc1cc(Oc2ccc(Br)cc2)nc(COC)n1. The van der Waals surface area contributed by atoms with Crippen LogP contribution in [-0.4, -0.2) is 23.6 Å². The van der Waals surface area contributed by atoms with Crippen molar-refractivity contribution in [2.75, 3.05) is 19.0 Å². The molecule has 0 atom stereocenters. The molecule has 0 amide bonds. The third-order valence-electron chi connectivity index (χ3n) is 2.61. The molecule has 0 bridgehead atoms. The van der Waals surface area contributed by atoms with Gasteiger partial charge in [0.25, 0.3) is 0 Å². The van der Waals surface area contributed by atoms with E-state index in [1.165, 1.54) is 0 Å². The van der Waals surface area contributed by atoms with Crippen molar-refractivity contribution in [3.05, 3.63) is 40.6 Å². The van der Waals surface area contributed by atoms with Crippen molar-refractivity contribution in [2.45, 2.75) is 20.0 Å². The van der Waals surface area contributed by atoms with Crippen molar-refractivity contribution in [3.63, 3.8) is 0 Å². The summed E-state index contributed by atoms with van der Waals surface area (Å²) in [5.74, 6) is 2.55. The summed E-state index contributed by atoms with van der Waals surface area (Å²) in [4.78, 5) is 8.72. The first kappa shape index (κ1) is 15.7. The minimum atomic E-state index is 0.346. The van der Waals surface area contributed by atoms with Crippen LogP contribution in [0.1, 0.15) is 19.2 Å². The largest absolute Gasteiger partial charge is 0.439 e. The van der Waals surface area contributed by atoms with Gasteiger partial charge in [0.2, 0.25) is 5.88 Å². The standard InChI is InChI=1S/C15H18BrN3O2/c1-3-8-17-13-9-15(19-14(18-13)10-20-2)21-12-6-4-11(16)5-7-12/h4-7,9H,3,8,10H2,1-2H3,(H,17,18,19). The summed E-state index contributed by atoms with van der Waals surface area (Å²) in [6, 6.07) is 9.38. The second kappa shape index (κ2) is 7.95. The number of nitrogens with one attached hydrogen (secondary N) is 1. The number of rotatable bonds is 7. The first-order valence-corrected chi connectivity index (χ1v) is 7.54. The van der Waals surface area contributed by atoms with E-state index in [9.17, 15) is 0 Å². The van der Waals surface area contributed by atoms with Gasteiger partial charge in [0.15, 0.2) is 5.82 Å². The number of methoxy groups -OCH3 is 1. The number of benzene rings is 1. The fraction of sp³-hybridized carbons (Fsp3) is 0.333. The average molecular weight is 352 g/mol. The van der Waals surface area contributed by atoms with E-state index in [2.05, 4.69) is 38.1 Å². The Kier molecular flexibility index (Phi) is 5.95. The maximum Gasteiger partial charge on any atom is 0.224 e. The first-order valence-electron chi connectivity index (χ1n) is 6.75. The van der Waals surface area contributed by atoms with Gasteiger partial charge < -0.3 is 14.8 Å². The number of ether oxygens (including phenoxy) is 2. The van der Waals surface area contributed by atoms with E-state index in [1.54, 1.807) is 13.2 Å². The molecular formula is C15H18BrN3O2. The topological polar surface area (TPSA) is 56.3 Å². The average Bonchev–Trinajstić information content (AvgIpc) is 2.48. The molecule has 2 rings (SSSR count). The number of nitrogens with zero attached hydrogens (tertiary/aromatic N) is 2. The van der Waals surface area contributed by atoms with Crippen molar-refractivity contribution in [3.8, 4) is 11.6 Å². The van der Waals surface area contributed by atoms with E-state index in [-0.39, 0.29) is 0 Å². The van der Waals surface area contributed by atoms with Gasteiger partial charge in [0, 0.05) is 24.2 Å². The zero-order valence-electron chi connectivity index (χ0n) is 12.1. The molecule has 1 heterocycles. The molecule has 2 aromatic rings. The zero-order chi connectivity index (χ0) is 15.1. The zero-order valence-corrected chi connectivity index (χ0v) is 13.7. The van der Waals surface area contributed by atoms with E-state index in [0.29, 0.717) is 18.3 Å². The van der Waals surface area contributed by atoms with Crippen LogP contribution < -0.4 is 10.1 Å². The van der Waals surface area contributed by atoms with Crippen LogP contribution in [0.5, 0.6) is 11.6 Å². The van der Waals surface area contributed by atoms with Crippen LogP contribution in [-0.2, 0) is 11.3 Å². The minimum Gasteiger partial charge on any atom is -0.439 e. The quantitative estimate of drug-likeness (QED) is 0.816. The van der Waals surface area contributed by atoms with Crippen LogP contribution in [0.3, 0.4) is 0 Å². The van der Waals surface area contributed by atoms with Gasteiger partial charge in [-0.1, -0.05) is 22.9 Å². The predicted octanol–water partition coefficient (Wildman–Crippen LogP) is 4.00. The van der Waals surface area contributed by atoms with Gasteiger partial charge in [-0.15, -0.1) is 0 Å². The molecule has 0 saturated carbocycles. The highest BCUT2D eigenvalue weighted by Gasteiger charge is 2.06. The van der Waals surface area contributed by atoms with Crippen LogP contribution in [0.4, 0.5) is 5.82 Å². The van der Waals surface area contributed by atoms with Gasteiger partial charge in [0.05, 0.1) is 0 Å². The molecular weight excluding hydrogens is 334 g/mol. The second-order valence-corrected chi connectivity index (χ2v) is 5.34. The Morgan fingerprint density at radius 2 is 1.95 bits per heavy atom. The van der Waals surface area contributed by atoms with Crippen molar-refractivity contribution in [2.24, 2.45) is 0 Å². The molecule has 0 fully saturated rings. The summed E-state index contributed by atoms with van der Waals surface area (Å²) >= 11 is 3.40. The summed E-state index contributed by atoms with van der Waals surface area (Å²) in [5.41, 5.74) is 0. The highest BCUT2D eigenvalue weighted by atomic mass is 79.9. The molecule has 21 heavy (non-hydrogen) atoms. The monoisotopic (exact) mass is 351 g/mol. The van der Waals surface area contributed by atoms with E-state index in [4.69, 9.17) is 9.47 Å². The molecule has 6 heteroatoms. The number of hydrogen-bond acceptors (Lipinski definition) is 5. The van der Waals surface area contributed by atoms with Crippen molar-refractivity contribution >= 4 is 21.7 Å². The smallest absolute Gasteiger partial charge is 0.224 e. The van der Waals surface area contributed by atoms with Crippen molar-refractivity contribution < 1.29 is 9.47 Å². The molecule has 0 unspecified atom stereocenters. The molecule has 0 aliphatic carbocycles. The number of anilines is 1. The molecule has 0 aliphatic rings. The minimum absolute atomic E-state index is 0.346. The summed E-state index contributed by atoms with van der Waals surface area (Å²) in [6.45, 7) is 3.29. The van der Waals surface area contributed by atoms with Crippen molar-refractivity contribution in [1.29, 1.82) is 0 Å². The Balaban J connectivity index is 2.19. The maximum atomic E-state index is 5.77. The Morgan fingerprint density at radius 3 is 2.62 bits per heavy atom. The normalized spacial score (nSPS) is 10.4. The van der Waals surface area contributed by atoms with Crippen LogP contribution >= 0.6 is 15.9 Å². The van der Waals surface area contributed by atoms with E-state index < -0.39 is 0 Å². The highest BCUT2D eigenvalue weighted by Crippen LogP contribution is 2.23. The molecule has 1 N–H and O–H groups in total. The van der Waals surface area contributed by atoms with Crippen LogP contribution in [0.15, 0.2) is 34.8 Å². The molecule has 0 radical (unpaired) electrons. The first-order chi connectivity index (χ1) is 10.2. The lowest BCUT2D eigenvalue weighted by Crippen LogP contribution is -2.06. The third-order valence-corrected chi connectivity index (χ3v) is 3.14. The Hall–Kier alpha value is -1.66. The fourth-order valence-electron chi connectivity index (χ4n) is 1.69. The lowest BCUT2D eigenvalue weighted by atomic mass is 10.3. The Labute approximate surface area is 132 Å². The molecule has 1 aromatic heterocycles. The molecule has 0 aliphatic heterocycles. The van der Waals surface area contributed by atoms with E-state index >= 15 is 0 Å².